The second-order valence-electron chi connectivity index (χ2n) is 3.58. The number of hydrogen-bond acceptors (Lipinski definition) is 4. The lowest BCUT2D eigenvalue weighted by Gasteiger charge is -2.04. The van der Waals surface area contributed by atoms with E-state index in [-0.39, 0.29) is 5.84 Å². The molecule has 0 saturated heterocycles. The Kier molecular flexibility index (Phi) is 4.67. The third-order valence-electron chi connectivity index (χ3n) is 2.27. The van der Waals surface area contributed by atoms with E-state index in [0.29, 0.717) is 0 Å². The van der Waals surface area contributed by atoms with Gasteiger partial charge in [0, 0.05) is 7.05 Å². The second-order valence-corrected chi connectivity index (χ2v) is 4.66. The highest BCUT2D eigenvalue weighted by Crippen LogP contribution is 2.25. The fourth-order valence-corrected chi connectivity index (χ4v) is 2.71. The topological polar surface area (TPSA) is 76.4 Å². The van der Waals surface area contributed by atoms with Crippen LogP contribution in [0.3, 0.4) is 0 Å². The van der Waals surface area contributed by atoms with Crippen molar-refractivity contribution < 1.29 is 5.21 Å². The van der Waals surface area contributed by atoms with Crippen molar-refractivity contribution in [2.45, 2.75) is 31.7 Å². The number of unbranched alkanes of at least 4 members (excludes halogenated alkanes) is 1. The van der Waals surface area contributed by atoms with Gasteiger partial charge in [0.2, 0.25) is 0 Å². The summed E-state index contributed by atoms with van der Waals surface area (Å²) in [6.45, 7) is 4.01. The molecule has 0 radical (unpaired) electrons. The molecule has 1 aromatic rings. The van der Waals surface area contributed by atoms with Gasteiger partial charge < -0.3 is 10.9 Å². The largest absolute Gasteiger partial charge is 0.409 e. The van der Waals surface area contributed by atoms with E-state index >= 15 is 0 Å². The van der Waals surface area contributed by atoms with E-state index in [1.54, 1.807) is 16.4 Å². The van der Waals surface area contributed by atoms with Crippen LogP contribution in [-0.4, -0.2) is 26.6 Å². The van der Waals surface area contributed by atoms with Gasteiger partial charge in [-0.1, -0.05) is 18.5 Å². The highest BCUT2D eigenvalue weighted by atomic mass is 32.2. The summed E-state index contributed by atoms with van der Waals surface area (Å²) in [5.74, 6) is 1.14. The van der Waals surface area contributed by atoms with Crippen molar-refractivity contribution >= 4 is 17.6 Å². The summed E-state index contributed by atoms with van der Waals surface area (Å²) in [6, 6.07) is 0. The molecule has 1 heterocycles. The standard InChI is InChI=1S/C10H18N4OS/c1-4-5-6-16-10-8(9(11)13-15)7(2)12-14(10)3/h15H,4-6H2,1-3H3,(H2,11,13). The van der Waals surface area contributed by atoms with Gasteiger partial charge in [0.15, 0.2) is 5.84 Å². The molecule has 3 N–H and O–H groups in total. The molecule has 0 atom stereocenters. The first kappa shape index (κ1) is 12.9. The first-order valence-corrected chi connectivity index (χ1v) is 6.24. The number of nitrogens with zero attached hydrogens (tertiary/aromatic N) is 3. The Morgan fingerprint density at radius 1 is 1.62 bits per heavy atom. The lowest BCUT2D eigenvalue weighted by Crippen LogP contribution is -2.15. The molecule has 1 rings (SSSR count). The molecule has 0 aliphatic rings. The van der Waals surface area contributed by atoms with Crippen LogP contribution < -0.4 is 5.73 Å². The summed E-state index contributed by atoms with van der Waals surface area (Å²) in [4.78, 5) is 0. The number of thioether (sulfide) groups is 1. The van der Waals surface area contributed by atoms with Gasteiger partial charge in [-0.25, -0.2) is 0 Å². The lowest BCUT2D eigenvalue weighted by molar-refractivity contribution is 0.318. The van der Waals surface area contributed by atoms with Gasteiger partial charge in [0.25, 0.3) is 0 Å². The van der Waals surface area contributed by atoms with Crippen molar-refractivity contribution in [2.75, 3.05) is 5.75 Å². The molecule has 0 spiro atoms. The van der Waals surface area contributed by atoms with Crippen molar-refractivity contribution in [3.63, 3.8) is 0 Å². The number of hydrogen-bond donors (Lipinski definition) is 2. The maximum absolute atomic E-state index is 8.73. The van der Waals surface area contributed by atoms with E-state index in [0.717, 1.165) is 34.9 Å². The average Bonchev–Trinajstić information content (AvgIpc) is 2.53. The van der Waals surface area contributed by atoms with Gasteiger partial charge in [0.1, 0.15) is 5.03 Å². The quantitative estimate of drug-likeness (QED) is 0.206. The minimum absolute atomic E-state index is 0.129. The van der Waals surface area contributed by atoms with Crippen molar-refractivity contribution in [2.24, 2.45) is 17.9 Å². The normalized spacial score (nSPS) is 12.1. The summed E-state index contributed by atoms with van der Waals surface area (Å²) in [5.41, 5.74) is 7.18. The number of oxime groups is 1. The smallest absolute Gasteiger partial charge is 0.174 e. The van der Waals surface area contributed by atoms with Crippen LogP contribution in [0, 0.1) is 6.92 Å². The Labute approximate surface area is 99.7 Å². The predicted molar refractivity (Wildman–Crippen MR) is 66.1 cm³/mol. The zero-order chi connectivity index (χ0) is 12.1. The maximum atomic E-state index is 8.73. The van der Waals surface area contributed by atoms with Crippen LogP contribution in [0.5, 0.6) is 0 Å². The highest BCUT2D eigenvalue weighted by Gasteiger charge is 2.17. The van der Waals surface area contributed by atoms with Gasteiger partial charge in [-0.3, -0.25) is 4.68 Å². The third kappa shape index (κ3) is 2.69. The second kappa shape index (κ2) is 5.79. The number of nitrogens with two attached hydrogens (primary N) is 1. The summed E-state index contributed by atoms with van der Waals surface area (Å²) in [6.07, 6.45) is 2.30. The highest BCUT2D eigenvalue weighted by molar-refractivity contribution is 7.99. The predicted octanol–water partition coefficient (Wildman–Crippen LogP) is 1.72. The number of rotatable bonds is 5. The molecule has 0 unspecified atom stereocenters. The minimum atomic E-state index is 0.129. The molecule has 6 heteroatoms. The summed E-state index contributed by atoms with van der Waals surface area (Å²) in [5, 5.41) is 17.0. The zero-order valence-corrected chi connectivity index (χ0v) is 10.7. The molecule has 0 aliphatic carbocycles. The Morgan fingerprint density at radius 3 is 2.88 bits per heavy atom. The van der Waals surface area contributed by atoms with Crippen LogP contribution >= 0.6 is 11.8 Å². The van der Waals surface area contributed by atoms with Crippen molar-refractivity contribution in [1.82, 2.24) is 9.78 Å². The van der Waals surface area contributed by atoms with Crippen LogP contribution in [-0.2, 0) is 7.05 Å². The molecular formula is C10H18N4OS. The third-order valence-corrected chi connectivity index (χ3v) is 3.50. The van der Waals surface area contributed by atoms with Crippen molar-refractivity contribution in [1.29, 1.82) is 0 Å². The molecule has 5 nitrogen and oxygen atoms in total. The molecule has 0 fully saturated rings. The van der Waals surface area contributed by atoms with Crippen LogP contribution in [0.1, 0.15) is 31.0 Å². The average molecular weight is 242 g/mol. The number of aryl methyl sites for hydroxylation is 2. The fourth-order valence-electron chi connectivity index (χ4n) is 1.46. The number of amidine groups is 1. The maximum Gasteiger partial charge on any atom is 0.174 e. The molecule has 16 heavy (non-hydrogen) atoms. The monoisotopic (exact) mass is 242 g/mol. The van der Waals surface area contributed by atoms with Crippen LogP contribution in [0.25, 0.3) is 0 Å². The van der Waals surface area contributed by atoms with E-state index in [1.165, 1.54) is 0 Å². The first-order valence-electron chi connectivity index (χ1n) is 5.26. The summed E-state index contributed by atoms with van der Waals surface area (Å²) < 4.78 is 1.78. The Morgan fingerprint density at radius 2 is 2.31 bits per heavy atom. The van der Waals surface area contributed by atoms with Gasteiger partial charge in [-0.2, -0.15) is 5.10 Å². The molecule has 1 aromatic heterocycles. The van der Waals surface area contributed by atoms with E-state index < -0.39 is 0 Å². The summed E-state index contributed by atoms with van der Waals surface area (Å²) in [7, 11) is 1.87. The van der Waals surface area contributed by atoms with Gasteiger partial charge >= 0.3 is 0 Å². The van der Waals surface area contributed by atoms with Gasteiger partial charge in [-0.15, -0.1) is 11.8 Å². The number of aromatic nitrogens is 2. The van der Waals surface area contributed by atoms with E-state index in [9.17, 15) is 0 Å². The first-order chi connectivity index (χ1) is 7.61. The van der Waals surface area contributed by atoms with E-state index in [4.69, 9.17) is 10.9 Å². The Bertz CT molecular complexity index is 386. The Balaban J connectivity index is 2.97. The fraction of sp³-hybridized carbons (Fsp3) is 0.600. The minimum Gasteiger partial charge on any atom is -0.409 e. The molecule has 0 aromatic carbocycles. The van der Waals surface area contributed by atoms with Gasteiger partial charge in [0.05, 0.1) is 11.3 Å². The molecule has 90 valence electrons. The molecule has 0 bridgehead atoms. The molecule has 0 saturated carbocycles. The van der Waals surface area contributed by atoms with Crippen molar-refractivity contribution in [3.8, 4) is 0 Å². The lowest BCUT2D eigenvalue weighted by atomic mass is 10.2. The summed E-state index contributed by atoms with van der Waals surface area (Å²) >= 11 is 1.69. The Hall–Kier alpha value is -1.17. The molecule has 0 aliphatic heterocycles. The van der Waals surface area contributed by atoms with Gasteiger partial charge in [-0.05, 0) is 19.1 Å². The van der Waals surface area contributed by atoms with Crippen LogP contribution in [0.4, 0.5) is 0 Å². The van der Waals surface area contributed by atoms with Crippen molar-refractivity contribution in [3.05, 3.63) is 11.3 Å². The molecular weight excluding hydrogens is 224 g/mol. The molecule has 0 amide bonds. The SMILES string of the molecule is CCCCSc1c(C(N)=NO)c(C)nn1C. The zero-order valence-electron chi connectivity index (χ0n) is 9.90. The van der Waals surface area contributed by atoms with Crippen LogP contribution in [0.15, 0.2) is 10.2 Å². The van der Waals surface area contributed by atoms with Crippen LogP contribution in [0.2, 0.25) is 0 Å². The van der Waals surface area contributed by atoms with E-state index in [1.807, 2.05) is 14.0 Å². The van der Waals surface area contributed by atoms with E-state index in [2.05, 4.69) is 17.2 Å².